The Morgan fingerprint density at radius 1 is 1.53 bits per heavy atom. The molecule has 0 bridgehead atoms. The second-order valence-electron chi connectivity index (χ2n) is 5.82. The largest absolute Gasteiger partial charge is 0.394 e. The van der Waals surface area contributed by atoms with Crippen LogP contribution < -0.4 is 0 Å². The molecular formula is C13H22BrN3O2. The second kappa shape index (κ2) is 5.52. The van der Waals surface area contributed by atoms with Crippen molar-refractivity contribution in [1.82, 2.24) is 14.7 Å². The summed E-state index contributed by atoms with van der Waals surface area (Å²) in [6.07, 6.45) is -0.114. The minimum Gasteiger partial charge on any atom is -0.394 e. The van der Waals surface area contributed by atoms with Crippen LogP contribution in [0.3, 0.4) is 0 Å². The van der Waals surface area contributed by atoms with Crippen molar-refractivity contribution in [3.8, 4) is 0 Å². The lowest BCUT2D eigenvalue weighted by molar-refractivity contribution is -0.151. The van der Waals surface area contributed by atoms with Crippen LogP contribution in [-0.4, -0.2) is 51.2 Å². The van der Waals surface area contributed by atoms with Gasteiger partial charge in [-0.2, -0.15) is 5.10 Å². The van der Waals surface area contributed by atoms with Gasteiger partial charge in [0.2, 0.25) is 0 Å². The van der Waals surface area contributed by atoms with E-state index in [1.165, 1.54) is 0 Å². The normalized spacial score (nSPS) is 23.8. The minimum atomic E-state index is -0.230. The van der Waals surface area contributed by atoms with E-state index in [0.29, 0.717) is 0 Å². The molecule has 1 atom stereocenters. The van der Waals surface area contributed by atoms with Gasteiger partial charge in [0, 0.05) is 26.7 Å². The maximum absolute atomic E-state index is 9.34. The molecule has 1 aromatic heterocycles. The topological polar surface area (TPSA) is 50.5 Å². The summed E-state index contributed by atoms with van der Waals surface area (Å²) in [5, 5.41) is 13.8. The first kappa shape index (κ1) is 15.0. The molecule has 1 fully saturated rings. The zero-order chi connectivity index (χ0) is 14.2. The molecule has 108 valence electrons. The standard InChI is InChI=1S/C13H22BrN3O2/c1-9-12(14)11(16(4)15-9)6-17-5-10(7-18)19-13(2,3)8-17/h10,18H,5-8H2,1-4H3. The van der Waals surface area contributed by atoms with E-state index in [9.17, 15) is 5.11 Å². The van der Waals surface area contributed by atoms with Crippen molar-refractivity contribution in [2.24, 2.45) is 7.05 Å². The first-order valence-electron chi connectivity index (χ1n) is 6.51. The number of aromatic nitrogens is 2. The van der Waals surface area contributed by atoms with Crippen molar-refractivity contribution in [1.29, 1.82) is 0 Å². The maximum Gasteiger partial charge on any atom is 0.0940 e. The number of ether oxygens (including phenoxy) is 1. The number of rotatable bonds is 3. The lowest BCUT2D eigenvalue weighted by atomic mass is 10.1. The van der Waals surface area contributed by atoms with E-state index < -0.39 is 0 Å². The third kappa shape index (κ3) is 3.37. The van der Waals surface area contributed by atoms with Gasteiger partial charge in [0.15, 0.2) is 0 Å². The van der Waals surface area contributed by atoms with E-state index >= 15 is 0 Å². The Morgan fingerprint density at radius 3 is 2.74 bits per heavy atom. The Morgan fingerprint density at radius 2 is 2.21 bits per heavy atom. The molecule has 0 amide bonds. The van der Waals surface area contributed by atoms with Gasteiger partial charge in [0.05, 0.1) is 34.2 Å². The molecule has 1 aliphatic rings. The van der Waals surface area contributed by atoms with Crippen molar-refractivity contribution < 1.29 is 9.84 Å². The third-order valence-corrected chi connectivity index (χ3v) is 4.42. The van der Waals surface area contributed by atoms with Gasteiger partial charge in [-0.1, -0.05) is 0 Å². The maximum atomic E-state index is 9.34. The van der Waals surface area contributed by atoms with Crippen molar-refractivity contribution in [3.63, 3.8) is 0 Å². The van der Waals surface area contributed by atoms with E-state index in [2.05, 4.69) is 39.8 Å². The quantitative estimate of drug-likeness (QED) is 0.911. The minimum absolute atomic E-state index is 0.0610. The highest BCUT2D eigenvalue weighted by molar-refractivity contribution is 9.10. The Labute approximate surface area is 122 Å². The summed E-state index contributed by atoms with van der Waals surface area (Å²) in [6.45, 7) is 8.58. The molecule has 1 N–H and O–H groups in total. The highest BCUT2D eigenvalue weighted by Crippen LogP contribution is 2.26. The number of aryl methyl sites for hydroxylation is 2. The fraction of sp³-hybridized carbons (Fsp3) is 0.769. The highest BCUT2D eigenvalue weighted by atomic mass is 79.9. The van der Waals surface area contributed by atoms with Crippen LogP contribution in [0.4, 0.5) is 0 Å². The predicted molar refractivity (Wildman–Crippen MR) is 77.0 cm³/mol. The number of hydrogen-bond donors (Lipinski definition) is 1. The Bertz CT molecular complexity index is 459. The molecule has 19 heavy (non-hydrogen) atoms. The highest BCUT2D eigenvalue weighted by Gasteiger charge is 2.33. The molecule has 1 aromatic rings. The average molecular weight is 332 g/mol. The smallest absolute Gasteiger partial charge is 0.0940 e. The number of aliphatic hydroxyl groups is 1. The summed E-state index contributed by atoms with van der Waals surface area (Å²) in [6, 6.07) is 0. The molecule has 1 unspecified atom stereocenters. The molecule has 0 aliphatic carbocycles. The lowest BCUT2D eigenvalue weighted by Gasteiger charge is -2.42. The third-order valence-electron chi connectivity index (χ3n) is 3.39. The van der Waals surface area contributed by atoms with Gasteiger partial charge in [-0.15, -0.1) is 0 Å². The van der Waals surface area contributed by atoms with E-state index in [0.717, 1.165) is 35.5 Å². The van der Waals surface area contributed by atoms with Crippen LogP contribution in [0.1, 0.15) is 25.2 Å². The molecular weight excluding hydrogens is 310 g/mol. The van der Waals surface area contributed by atoms with Gasteiger partial charge >= 0.3 is 0 Å². The van der Waals surface area contributed by atoms with Crippen LogP contribution in [0.5, 0.6) is 0 Å². The molecule has 6 heteroatoms. The Kier molecular flexibility index (Phi) is 4.35. The van der Waals surface area contributed by atoms with Gasteiger partial charge in [0.25, 0.3) is 0 Å². The fourth-order valence-electron chi connectivity index (χ4n) is 2.70. The molecule has 0 aromatic carbocycles. The first-order valence-corrected chi connectivity index (χ1v) is 7.30. The van der Waals surface area contributed by atoms with Crippen molar-refractivity contribution in [3.05, 3.63) is 15.9 Å². The Balaban J connectivity index is 2.14. The van der Waals surface area contributed by atoms with Crippen LogP contribution in [0, 0.1) is 6.92 Å². The predicted octanol–water partition coefficient (Wildman–Crippen LogP) is 1.46. The zero-order valence-corrected chi connectivity index (χ0v) is 13.6. The van der Waals surface area contributed by atoms with Crippen molar-refractivity contribution in [2.75, 3.05) is 19.7 Å². The molecule has 0 spiro atoms. The first-order chi connectivity index (χ1) is 8.82. The lowest BCUT2D eigenvalue weighted by Crippen LogP contribution is -2.53. The second-order valence-corrected chi connectivity index (χ2v) is 6.61. The number of morpholine rings is 1. The molecule has 5 nitrogen and oxygen atoms in total. The SMILES string of the molecule is Cc1nn(C)c(CN2CC(CO)OC(C)(C)C2)c1Br. The molecule has 2 heterocycles. The molecule has 1 aliphatic heterocycles. The summed E-state index contributed by atoms with van der Waals surface area (Å²) < 4.78 is 8.81. The van der Waals surface area contributed by atoms with Gasteiger partial charge in [-0.25, -0.2) is 0 Å². The van der Waals surface area contributed by atoms with Crippen LogP contribution in [0.15, 0.2) is 4.47 Å². The number of aliphatic hydroxyl groups excluding tert-OH is 1. The average Bonchev–Trinajstić information content (AvgIpc) is 2.54. The summed E-state index contributed by atoms with van der Waals surface area (Å²) in [7, 11) is 1.96. The molecule has 0 radical (unpaired) electrons. The molecule has 0 saturated carbocycles. The summed E-state index contributed by atoms with van der Waals surface area (Å²) in [5.74, 6) is 0. The van der Waals surface area contributed by atoms with E-state index in [-0.39, 0.29) is 18.3 Å². The number of nitrogens with zero attached hydrogens (tertiary/aromatic N) is 3. The van der Waals surface area contributed by atoms with Gasteiger partial charge in [-0.05, 0) is 36.7 Å². The van der Waals surface area contributed by atoms with Gasteiger partial charge in [-0.3, -0.25) is 9.58 Å². The molecule has 1 saturated heterocycles. The monoisotopic (exact) mass is 331 g/mol. The van der Waals surface area contributed by atoms with Crippen molar-refractivity contribution >= 4 is 15.9 Å². The van der Waals surface area contributed by atoms with Crippen LogP contribution >= 0.6 is 15.9 Å². The summed E-state index contributed by atoms with van der Waals surface area (Å²) in [4.78, 5) is 2.31. The molecule has 2 rings (SSSR count). The Hall–Kier alpha value is -0.430. The summed E-state index contributed by atoms with van der Waals surface area (Å²) >= 11 is 3.60. The van der Waals surface area contributed by atoms with Crippen LogP contribution in [0.2, 0.25) is 0 Å². The van der Waals surface area contributed by atoms with Gasteiger partial charge in [0.1, 0.15) is 0 Å². The number of hydrogen-bond acceptors (Lipinski definition) is 4. The van der Waals surface area contributed by atoms with Gasteiger partial charge < -0.3 is 9.84 Å². The van der Waals surface area contributed by atoms with Crippen LogP contribution in [-0.2, 0) is 18.3 Å². The summed E-state index contributed by atoms with van der Waals surface area (Å²) in [5.41, 5.74) is 1.93. The zero-order valence-electron chi connectivity index (χ0n) is 12.0. The van der Waals surface area contributed by atoms with E-state index in [1.807, 2.05) is 18.7 Å². The van der Waals surface area contributed by atoms with E-state index in [4.69, 9.17) is 4.74 Å². The number of halogens is 1. The van der Waals surface area contributed by atoms with Crippen molar-refractivity contribution in [2.45, 2.75) is 39.0 Å². The fourth-order valence-corrected chi connectivity index (χ4v) is 3.16. The van der Waals surface area contributed by atoms with Crippen LogP contribution in [0.25, 0.3) is 0 Å². The van der Waals surface area contributed by atoms with E-state index in [1.54, 1.807) is 0 Å².